The zero-order valence-electron chi connectivity index (χ0n) is 13.7. The van der Waals surface area contributed by atoms with E-state index in [4.69, 9.17) is 0 Å². The summed E-state index contributed by atoms with van der Waals surface area (Å²) in [6.07, 6.45) is 0.241. The van der Waals surface area contributed by atoms with Gasteiger partial charge < -0.3 is 15.1 Å². The lowest BCUT2D eigenvalue weighted by atomic mass is 10.2. The van der Waals surface area contributed by atoms with E-state index in [1.54, 1.807) is 17.0 Å². The van der Waals surface area contributed by atoms with Crippen LogP contribution < -0.4 is 10.2 Å². The highest BCUT2D eigenvalue weighted by Crippen LogP contribution is 2.36. The molecule has 0 spiro atoms. The van der Waals surface area contributed by atoms with Gasteiger partial charge in [0.05, 0.1) is 17.5 Å². The van der Waals surface area contributed by atoms with Crippen molar-refractivity contribution in [2.45, 2.75) is 19.4 Å². The molecule has 0 radical (unpaired) electrons. The summed E-state index contributed by atoms with van der Waals surface area (Å²) in [6, 6.07) is 5.54. The molecule has 0 aliphatic carbocycles. The van der Waals surface area contributed by atoms with Crippen LogP contribution in [-0.2, 0) is 9.59 Å². The smallest absolute Gasteiger partial charge is 0.260 e. The number of amidine groups is 1. The third-order valence-corrected chi connectivity index (χ3v) is 5.75. The molecule has 1 atom stereocenters. The Kier molecular flexibility index (Phi) is 3.99. The van der Waals surface area contributed by atoms with E-state index < -0.39 is 0 Å². The van der Waals surface area contributed by atoms with Crippen molar-refractivity contribution in [3.8, 4) is 0 Å². The van der Waals surface area contributed by atoms with Crippen molar-refractivity contribution in [2.24, 2.45) is 4.99 Å². The third kappa shape index (κ3) is 2.90. The van der Waals surface area contributed by atoms with Crippen molar-refractivity contribution < 1.29 is 14.0 Å². The lowest BCUT2D eigenvalue weighted by molar-refractivity contribution is -0.118. The maximum atomic E-state index is 13.0. The number of halogens is 1. The SMILES string of the molecule is CC1=C(C(=O)N[C@@H]2CC(=O)N(c3ccc(F)cc3)C2)SC2=NCCN21. The van der Waals surface area contributed by atoms with Crippen LogP contribution in [0.25, 0.3) is 0 Å². The number of nitrogens with zero attached hydrogens (tertiary/aromatic N) is 3. The summed E-state index contributed by atoms with van der Waals surface area (Å²) in [4.78, 5) is 33.5. The maximum absolute atomic E-state index is 13.0. The number of nitrogens with one attached hydrogen (secondary N) is 1. The topological polar surface area (TPSA) is 65.0 Å². The first-order valence-electron chi connectivity index (χ1n) is 8.10. The van der Waals surface area contributed by atoms with Crippen LogP contribution in [0.4, 0.5) is 10.1 Å². The van der Waals surface area contributed by atoms with Crippen LogP contribution in [0.5, 0.6) is 0 Å². The Morgan fingerprint density at radius 1 is 1.32 bits per heavy atom. The normalized spacial score (nSPS) is 22.6. The van der Waals surface area contributed by atoms with Crippen molar-refractivity contribution in [1.29, 1.82) is 0 Å². The van der Waals surface area contributed by atoms with Gasteiger partial charge in [0.1, 0.15) is 5.82 Å². The van der Waals surface area contributed by atoms with E-state index in [0.717, 1.165) is 24.0 Å². The molecule has 1 aromatic rings. The first-order chi connectivity index (χ1) is 12.0. The monoisotopic (exact) mass is 360 g/mol. The van der Waals surface area contributed by atoms with E-state index in [2.05, 4.69) is 10.3 Å². The molecule has 1 aromatic carbocycles. The number of allylic oxidation sites excluding steroid dienone is 1. The van der Waals surface area contributed by atoms with E-state index in [0.29, 0.717) is 17.1 Å². The molecular weight excluding hydrogens is 343 g/mol. The number of rotatable bonds is 3. The Morgan fingerprint density at radius 3 is 2.80 bits per heavy atom. The van der Waals surface area contributed by atoms with Gasteiger partial charge in [0, 0.05) is 30.9 Å². The number of carbonyl (C=O) groups is 2. The number of amides is 2. The van der Waals surface area contributed by atoms with Crippen molar-refractivity contribution in [3.63, 3.8) is 0 Å². The second-order valence-electron chi connectivity index (χ2n) is 6.19. The molecule has 1 N–H and O–H groups in total. The number of aliphatic imine (C=N–C) groups is 1. The van der Waals surface area contributed by atoms with Gasteiger partial charge in [-0.05, 0) is 43.0 Å². The molecule has 6 nitrogen and oxygen atoms in total. The van der Waals surface area contributed by atoms with Gasteiger partial charge in [-0.25, -0.2) is 4.39 Å². The Hall–Kier alpha value is -2.35. The zero-order valence-corrected chi connectivity index (χ0v) is 14.5. The van der Waals surface area contributed by atoms with Crippen LogP contribution in [-0.4, -0.2) is 47.6 Å². The standard InChI is InChI=1S/C17H17FN4O2S/c1-10-15(25-17-19-6-7-21(10)17)16(24)20-12-8-14(23)22(9-12)13-4-2-11(18)3-5-13/h2-5,12H,6-9H2,1H3,(H,20,24)/t12-/m1/s1. The highest BCUT2D eigenvalue weighted by atomic mass is 32.2. The van der Waals surface area contributed by atoms with E-state index in [1.165, 1.54) is 23.9 Å². The lowest BCUT2D eigenvalue weighted by Crippen LogP contribution is -2.37. The van der Waals surface area contributed by atoms with Crippen molar-refractivity contribution >= 4 is 34.4 Å². The Labute approximate surface area is 148 Å². The van der Waals surface area contributed by atoms with Crippen molar-refractivity contribution in [1.82, 2.24) is 10.2 Å². The molecule has 0 bridgehead atoms. The molecule has 8 heteroatoms. The summed E-state index contributed by atoms with van der Waals surface area (Å²) in [7, 11) is 0. The van der Waals surface area contributed by atoms with Crippen LogP contribution in [0.3, 0.4) is 0 Å². The number of carbonyl (C=O) groups excluding carboxylic acids is 2. The van der Waals surface area contributed by atoms with Crippen LogP contribution >= 0.6 is 11.8 Å². The van der Waals surface area contributed by atoms with Gasteiger partial charge in [-0.15, -0.1) is 0 Å². The highest BCUT2D eigenvalue weighted by Gasteiger charge is 2.36. The second-order valence-corrected chi connectivity index (χ2v) is 7.17. The van der Waals surface area contributed by atoms with Gasteiger partial charge in [-0.3, -0.25) is 14.6 Å². The largest absolute Gasteiger partial charge is 0.346 e. The molecule has 1 saturated heterocycles. The average molecular weight is 360 g/mol. The minimum absolute atomic E-state index is 0.0771. The number of hydrogen-bond acceptors (Lipinski definition) is 5. The molecule has 130 valence electrons. The quantitative estimate of drug-likeness (QED) is 0.891. The fourth-order valence-corrected chi connectivity index (χ4v) is 4.34. The minimum Gasteiger partial charge on any atom is -0.346 e. The number of hydrogen-bond donors (Lipinski definition) is 1. The summed E-state index contributed by atoms with van der Waals surface area (Å²) in [5.41, 5.74) is 1.56. The Morgan fingerprint density at radius 2 is 2.08 bits per heavy atom. The van der Waals surface area contributed by atoms with Crippen molar-refractivity contribution in [3.05, 3.63) is 40.7 Å². The predicted octanol–water partition coefficient (Wildman–Crippen LogP) is 1.70. The molecule has 4 rings (SSSR count). The summed E-state index contributed by atoms with van der Waals surface area (Å²) < 4.78 is 13.0. The van der Waals surface area contributed by atoms with Gasteiger partial charge in [0.25, 0.3) is 5.91 Å². The molecule has 3 aliphatic heterocycles. The van der Waals surface area contributed by atoms with Crippen LogP contribution in [0.2, 0.25) is 0 Å². The van der Waals surface area contributed by atoms with Gasteiger partial charge in [0.2, 0.25) is 5.91 Å². The number of thioether (sulfide) groups is 1. The van der Waals surface area contributed by atoms with Crippen molar-refractivity contribution in [2.75, 3.05) is 24.5 Å². The molecule has 3 aliphatic rings. The van der Waals surface area contributed by atoms with Crippen LogP contribution in [0.15, 0.2) is 39.9 Å². The van der Waals surface area contributed by atoms with Gasteiger partial charge in [0.15, 0.2) is 5.17 Å². The summed E-state index contributed by atoms with van der Waals surface area (Å²) in [5.74, 6) is -0.589. The first kappa shape index (κ1) is 16.1. The minimum atomic E-state index is -0.343. The fraction of sp³-hybridized carbons (Fsp3) is 0.353. The van der Waals surface area contributed by atoms with Gasteiger partial charge >= 0.3 is 0 Å². The van der Waals surface area contributed by atoms with Crippen LogP contribution in [0, 0.1) is 5.82 Å². The van der Waals surface area contributed by atoms with E-state index in [9.17, 15) is 14.0 Å². The molecule has 1 fully saturated rings. The molecule has 25 heavy (non-hydrogen) atoms. The van der Waals surface area contributed by atoms with Gasteiger partial charge in [-0.1, -0.05) is 0 Å². The molecule has 2 amide bonds. The molecule has 0 saturated carbocycles. The molecule has 0 aromatic heterocycles. The molecule has 0 unspecified atom stereocenters. The summed E-state index contributed by atoms with van der Waals surface area (Å²) in [5, 5.41) is 3.82. The van der Waals surface area contributed by atoms with E-state index in [-0.39, 0.29) is 30.1 Å². The van der Waals surface area contributed by atoms with E-state index >= 15 is 0 Å². The number of benzene rings is 1. The second kappa shape index (κ2) is 6.18. The summed E-state index contributed by atoms with van der Waals surface area (Å²) >= 11 is 1.38. The van der Waals surface area contributed by atoms with Gasteiger partial charge in [-0.2, -0.15) is 0 Å². The average Bonchev–Trinajstić information content (AvgIpc) is 3.25. The lowest BCUT2D eigenvalue weighted by Gasteiger charge is -2.17. The maximum Gasteiger partial charge on any atom is 0.260 e. The molecule has 3 heterocycles. The highest BCUT2D eigenvalue weighted by molar-refractivity contribution is 8.18. The number of anilines is 1. The van der Waals surface area contributed by atoms with Crippen LogP contribution in [0.1, 0.15) is 13.3 Å². The zero-order chi connectivity index (χ0) is 17.6. The number of fused-ring (bicyclic) bond motifs is 1. The first-order valence-corrected chi connectivity index (χ1v) is 8.92. The van der Waals surface area contributed by atoms with E-state index in [1.807, 2.05) is 11.8 Å². The predicted molar refractivity (Wildman–Crippen MR) is 94.6 cm³/mol. The Balaban J connectivity index is 1.43. The summed E-state index contributed by atoms with van der Waals surface area (Å²) in [6.45, 7) is 3.88. The third-order valence-electron chi connectivity index (χ3n) is 4.53. The Bertz CT molecular complexity index is 805. The molecular formula is C17H17FN4O2S. The fourth-order valence-electron chi connectivity index (χ4n) is 3.25.